The van der Waals surface area contributed by atoms with Crippen molar-refractivity contribution in [3.63, 3.8) is 0 Å². The molecular formula is C27H40O5. The Morgan fingerprint density at radius 1 is 1.03 bits per heavy atom. The summed E-state index contributed by atoms with van der Waals surface area (Å²) in [7, 11) is 0. The zero-order valence-corrected chi connectivity index (χ0v) is 20.1. The Balaban J connectivity index is 1.31. The van der Waals surface area contributed by atoms with Crippen molar-refractivity contribution in [2.75, 3.05) is 6.61 Å². The van der Waals surface area contributed by atoms with E-state index in [1.54, 1.807) is 0 Å². The monoisotopic (exact) mass is 444 g/mol. The van der Waals surface area contributed by atoms with E-state index in [1.165, 1.54) is 0 Å². The second kappa shape index (κ2) is 6.88. The van der Waals surface area contributed by atoms with E-state index in [0.29, 0.717) is 48.7 Å². The number of fused-ring (bicyclic) bond motifs is 7. The lowest BCUT2D eigenvalue weighted by molar-refractivity contribution is -0.272. The number of Topliss-reactive ketones (excluding diaryl/α,β-unsaturated/α-hetero) is 2. The maximum Gasteiger partial charge on any atom is 0.171 e. The molecule has 32 heavy (non-hydrogen) atoms. The molecule has 4 saturated carbocycles. The molecule has 0 aromatic carbocycles. The van der Waals surface area contributed by atoms with Crippen LogP contribution in [0.4, 0.5) is 0 Å². The van der Waals surface area contributed by atoms with Crippen molar-refractivity contribution in [2.24, 2.45) is 52.3 Å². The van der Waals surface area contributed by atoms with Crippen LogP contribution in [-0.2, 0) is 19.1 Å². The quantitative estimate of drug-likeness (QED) is 0.608. The molecule has 0 radical (unpaired) electrons. The summed E-state index contributed by atoms with van der Waals surface area (Å²) in [4.78, 5) is 26.5. The van der Waals surface area contributed by atoms with Crippen LogP contribution in [0, 0.1) is 52.3 Å². The molecule has 6 fully saturated rings. The van der Waals surface area contributed by atoms with Gasteiger partial charge in [0, 0.05) is 36.5 Å². The van der Waals surface area contributed by atoms with Gasteiger partial charge in [-0.3, -0.25) is 9.59 Å². The molecule has 1 spiro atoms. The van der Waals surface area contributed by atoms with Crippen LogP contribution in [0.15, 0.2) is 0 Å². The summed E-state index contributed by atoms with van der Waals surface area (Å²) in [6.45, 7) is 9.75. The number of carbonyl (C=O) groups excluding carboxylic acids is 2. The Labute approximate surface area is 192 Å². The molecule has 5 heteroatoms. The third-order valence-corrected chi connectivity index (χ3v) is 11.6. The van der Waals surface area contributed by atoms with E-state index in [1.807, 2.05) is 0 Å². The van der Waals surface area contributed by atoms with Crippen molar-refractivity contribution < 1.29 is 24.2 Å². The Kier molecular flexibility index (Phi) is 4.68. The molecular weight excluding hydrogens is 404 g/mol. The number of rotatable bonds is 0. The number of hydrogen-bond donors (Lipinski definition) is 1. The highest BCUT2D eigenvalue weighted by Crippen LogP contribution is 2.70. The van der Waals surface area contributed by atoms with Crippen molar-refractivity contribution >= 4 is 11.6 Å². The smallest absolute Gasteiger partial charge is 0.171 e. The predicted molar refractivity (Wildman–Crippen MR) is 119 cm³/mol. The number of ether oxygens (including phenoxy) is 2. The highest BCUT2D eigenvalue weighted by Gasteiger charge is 2.72. The molecule has 178 valence electrons. The molecule has 2 aliphatic heterocycles. The van der Waals surface area contributed by atoms with Crippen molar-refractivity contribution in [1.82, 2.24) is 0 Å². The molecule has 6 rings (SSSR count). The largest absolute Gasteiger partial charge is 0.385 e. The summed E-state index contributed by atoms with van der Waals surface area (Å²) < 4.78 is 13.1. The lowest BCUT2D eigenvalue weighted by Gasteiger charge is -2.60. The van der Waals surface area contributed by atoms with E-state index in [4.69, 9.17) is 9.47 Å². The van der Waals surface area contributed by atoms with Gasteiger partial charge in [0.2, 0.25) is 0 Å². The number of ketones is 2. The van der Waals surface area contributed by atoms with Crippen LogP contribution in [-0.4, -0.2) is 41.3 Å². The summed E-state index contributed by atoms with van der Waals surface area (Å²) in [5.74, 6) is 2.35. The highest BCUT2D eigenvalue weighted by molar-refractivity contribution is 5.88. The summed E-state index contributed by atoms with van der Waals surface area (Å²) in [6.07, 6.45) is 6.12. The lowest BCUT2D eigenvalue weighted by atomic mass is 9.44. The molecule has 1 unspecified atom stereocenters. The third-order valence-electron chi connectivity index (χ3n) is 11.6. The van der Waals surface area contributed by atoms with Crippen LogP contribution in [0.25, 0.3) is 0 Å². The van der Waals surface area contributed by atoms with Gasteiger partial charge >= 0.3 is 0 Å². The van der Waals surface area contributed by atoms with Crippen LogP contribution in [0.3, 0.4) is 0 Å². The van der Waals surface area contributed by atoms with E-state index in [9.17, 15) is 14.7 Å². The zero-order valence-electron chi connectivity index (χ0n) is 20.1. The SMILES string of the molecule is C[C@H]1CCC2(OC1)O[C@H]1C[C@H]3[C@@H]4CC[C@H]5C[C@H](O)C(=O)C[C@]5(C)[C@H]4CC(=O)[C@]3(C)[C@H]1[C@@H]2C. The molecule has 1 N–H and O–H groups in total. The first kappa shape index (κ1) is 21.7. The minimum Gasteiger partial charge on any atom is -0.385 e. The van der Waals surface area contributed by atoms with E-state index < -0.39 is 11.9 Å². The number of carbonyl (C=O) groups is 2. The molecule has 5 nitrogen and oxygen atoms in total. The fraction of sp³-hybridized carbons (Fsp3) is 0.926. The second-order valence-electron chi connectivity index (χ2n) is 12.9. The second-order valence-corrected chi connectivity index (χ2v) is 12.9. The molecule has 0 aromatic rings. The fourth-order valence-corrected chi connectivity index (χ4v) is 9.78. The molecule has 2 heterocycles. The number of hydrogen-bond acceptors (Lipinski definition) is 5. The van der Waals surface area contributed by atoms with E-state index in [-0.39, 0.29) is 40.5 Å². The average molecular weight is 445 g/mol. The normalized spacial score (nSPS) is 59.5. The Morgan fingerprint density at radius 2 is 1.81 bits per heavy atom. The topological polar surface area (TPSA) is 72.8 Å². The fourth-order valence-electron chi connectivity index (χ4n) is 9.78. The van der Waals surface area contributed by atoms with Crippen LogP contribution in [0.5, 0.6) is 0 Å². The van der Waals surface area contributed by atoms with Gasteiger partial charge < -0.3 is 14.6 Å². The Hall–Kier alpha value is -0.780. The molecule has 4 aliphatic carbocycles. The average Bonchev–Trinajstić information content (AvgIpc) is 3.19. The van der Waals surface area contributed by atoms with Crippen LogP contribution in [0.1, 0.15) is 79.1 Å². The Bertz CT molecular complexity index is 830. The zero-order chi connectivity index (χ0) is 22.6. The molecule has 0 aromatic heterocycles. The maximum absolute atomic E-state index is 14.0. The van der Waals surface area contributed by atoms with Crippen LogP contribution in [0.2, 0.25) is 0 Å². The molecule has 0 amide bonds. The van der Waals surface area contributed by atoms with Crippen LogP contribution < -0.4 is 0 Å². The van der Waals surface area contributed by atoms with Crippen LogP contribution >= 0.6 is 0 Å². The maximum atomic E-state index is 14.0. The lowest BCUT2D eigenvalue weighted by Crippen LogP contribution is -2.59. The standard InChI is InChI=1S/C27H40O5/c1-14-7-8-27(31-13-14)15(2)24-22(32-27)10-19-17-6-5-16-9-20(28)21(29)12-25(16,3)18(17)11-23(30)26(19,24)4/h14-20,22,24,28H,5-13H2,1-4H3/t14-,15-,16-,17+,18-,19-,20-,22-,24-,25-,26+,27?/m0/s1. The van der Waals surface area contributed by atoms with Gasteiger partial charge in [0.05, 0.1) is 12.7 Å². The first-order valence-electron chi connectivity index (χ1n) is 13.2. The molecule has 2 saturated heterocycles. The van der Waals surface area contributed by atoms with Crippen molar-refractivity contribution in [3.05, 3.63) is 0 Å². The summed E-state index contributed by atoms with van der Waals surface area (Å²) in [5, 5.41) is 10.2. The molecule has 0 bridgehead atoms. The summed E-state index contributed by atoms with van der Waals surface area (Å²) in [6, 6.07) is 0. The van der Waals surface area contributed by atoms with Gasteiger partial charge in [-0.2, -0.15) is 0 Å². The first-order valence-corrected chi connectivity index (χ1v) is 13.2. The van der Waals surface area contributed by atoms with Gasteiger partial charge in [-0.25, -0.2) is 0 Å². The van der Waals surface area contributed by atoms with Gasteiger partial charge in [0.25, 0.3) is 0 Å². The van der Waals surface area contributed by atoms with Gasteiger partial charge in [-0.1, -0.05) is 27.7 Å². The predicted octanol–water partition coefficient (Wildman–Crippen LogP) is 4.15. The highest BCUT2D eigenvalue weighted by atomic mass is 16.7. The minimum atomic E-state index is -0.802. The summed E-state index contributed by atoms with van der Waals surface area (Å²) >= 11 is 0. The van der Waals surface area contributed by atoms with E-state index in [2.05, 4.69) is 27.7 Å². The van der Waals surface area contributed by atoms with Gasteiger partial charge in [0.15, 0.2) is 11.6 Å². The van der Waals surface area contributed by atoms with Crippen molar-refractivity contribution in [3.8, 4) is 0 Å². The van der Waals surface area contributed by atoms with E-state index >= 15 is 0 Å². The van der Waals surface area contributed by atoms with Crippen molar-refractivity contribution in [2.45, 2.75) is 97.1 Å². The number of aliphatic hydroxyl groups excluding tert-OH is 1. The minimum absolute atomic E-state index is 0.0175. The molecule has 12 atom stereocenters. The third kappa shape index (κ3) is 2.62. The van der Waals surface area contributed by atoms with Gasteiger partial charge in [0.1, 0.15) is 11.9 Å². The Morgan fingerprint density at radius 3 is 2.53 bits per heavy atom. The van der Waals surface area contributed by atoms with E-state index in [0.717, 1.165) is 38.7 Å². The molecule has 6 aliphatic rings. The van der Waals surface area contributed by atoms with Crippen molar-refractivity contribution in [1.29, 1.82) is 0 Å². The first-order chi connectivity index (χ1) is 15.1. The van der Waals surface area contributed by atoms with Gasteiger partial charge in [-0.05, 0) is 67.1 Å². The number of aliphatic hydroxyl groups is 1. The van der Waals surface area contributed by atoms with Gasteiger partial charge in [-0.15, -0.1) is 0 Å². The summed E-state index contributed by atoms with van der Waals surface area (Å²) in [5.41, 5.74) is -0.493.